The van der Waals surface area contributed by atoms with Crippen molar-refractivity contribution in [3.8, 4) is 5.75 Å². The Bertz CT molecular complexity index is 800. The molecule has 0 spiro atoms. The van der Waals surface area contributed by atoms with Crippen LogP contribution in [0.25, 0.3) is 0 Å². The largest absolute Gasteiger partial charge is 0.493 e. The molecule has 2 aromatic rings. The zero-order valence-corrected chi connectivity index (χ0v) is 18.8. The van der Waals surface area contributed by atoms with Crippen molar-refractivity contribution < 1.29 is 14.2 Å². The van der Waals surface area contributed by atoms with Crippen molar-refractivity contribution in [2.75, 3.05) is 26.2 Å². The average Bonchev–Trinajstić information content (AvgIpc) is 2.91. The summed E-state index contributed by atoms with van der Waals surface area (Å²) in [5, 5.41) is 12.2. The van der Waals surface area contributed by atoms with Gasteiger partial charge in [0.1, 0.15) is 22.2 Å². The van der Waals surface area contributed by atoms with Gasteiger partial charge in [-0.05, 0) is 62.4 Å². The van der Waals surface area contributed by atoms with E-state index in [1.54, 1.807) is 23.5 Å². The van der Waals surface area contributed by atoms with E-state index in [0.717, 1.165) is 60.9 Å². The summed E-state index contributed by atoms with van der Waals surface area (Å²) in [6.45, 7) is 12.3. The SMILES string of the molecule is Cc1nc([C@]2(O)CCCN(CC(C)(C)C)CC2)sc1CCOc1ccc(F)cc1. The molecule has 0 radical (unpaired) electrons. The first-order chi connectivity index (χ1) is 13.6. The van der Waals surface area contributed by atoms with E-state index in [0.29, 0.717) is 12.4 Å². The Balaban J connectivity index is 1.60. The molecule has 1 atom stereocenters. The summed E-state index contributed by atoms with van der Waals surface area (Å²) in [4.78, 5) is 8.34. The monoisotopic (exact) mass is 420 g/mol. The van der Waals surface area contributed by atoms with Gasteiger partial charge in [-0.25, -0.2) is 9.37 Å². The minimum Gasteiger partial charge on any atom is -0.493 e. The molecule has 0 aliphatic carbocycles. The van der Waals surface area contributed by atoms with Crippen LogP contribution in [0.2, 0.25) is 0 Å². The summed E-state index contributed by atoms with van der Waals surface area (Å²) in [6.07, 6.45) is 3.19. The molecule has 1 aliphatic rings. The normalized spacial score (nSPS) is 21.2. The maximum absolute atomic E-state index is 13.0. The third-order valence-electron chi connectivity index (χ3n) is 5.31. The van der Waals surface area contributed by atoms with Crippen LogP contribution in [0.5, 0.6) is 5.75 Å². The Morgan fingerprint density at radius 3 is 2.62 bits per heavy atom. The van der Waals surface area contributed by atoms with Gasteiger partial charge in [-0.3, -0.25) is 0 Å². The molecule has 1 fully saturated rings. The van der Waals surface area contributed by atoms with E-state index in [4.69, 9.17) is 9.72 Å². The zero-order valence-electron chi connectivity index (χ0n) is 18.0. The van der Waals surface area contributed by atoms with Crippen LogP contribution in [0.15, 0.2) is 24.3 Å². The quantitative estimate of drug-likeness (QED) is 0.720. The number of benzene rings is 1. The highest BCUT2D eigenvalue weighted by atomic mass is 32.1. The molecule has 0 unspecified atom stereocenters. The Labute approximate surface area is 177 Å². The highest BCUT2D eigenvalue weighted by Crippen LogP contribution is 2.37. The second-order valence-electron chi connectivity index (χ2n) is 9.30. The van der Waals surface area contributed by atoms with Gasteiger partial charge < -0.3 is 14.7 Å². The third-order valence-corrected chi connectivity index (χ3v) is 6.72. The molecule has 1 aromatic carbocycles. The molecule has 0 amide bonds. The lowest BCUT2D eigenvalue weighted by atomic mass is 9.95. The van der Waals surface area contributed by atoms with E-state index < -0.39 is 5.60 Å². The Kier molecular flexibility index (Phi) is 6.97. The van der Waals surface area contributed by atoms with Gasteiger partial charge in [0.15, 0.2) is 0 Å². The summed E-state index contributed by atoms with van der Waals surface area (Å²) in [6, 6.07) is 6.07. The van der Waals surface area contributed by atoms with Crippen molar-refractivity contribution >= 4 is 11.3 Å². The fraction of sp³-hybridized carbons (Fsp3) is 0.609. The van der Waals surface area contributed by atoms with Crippen LogP contribution >= 0.6 is 11.3 Å². The smallest absolute Gasteiger partial charge is 0.125 e. The average molecular weight is 421 g/mol. The van der Waals surface area contributed by atoms with Gasteiger partial charge in [0.05, 0.1) is 12.3 Å². The van der Waals surface area contributed by atoms with Crippen molar-refractivity contribution in [2.45, 2.75) is 59.0 Å². The topological polar surface area (TPSA) is 45.6 Å². The van der Waals surface area contributed by atoms with Crippen LogP contribution in [0.1, 0.15) is 55.6 Å². The van der Waals surface area contributed by atoms with Gasteiger partial charge in [0.25, 0.3) is 0 Å². The van der Waals surface area contributed by atoms with Crippen LogP contribution in [-0.4, -0.2) is 41.2 Å². The number of rotatable bonds is 6. The highest BCUT2D eigenvalue weighted by molar-refractivity contribution is 7.11. The first-order valence-electron chi connectivity index (χ1n) is 10.4. The lowest BCUT2D eigenvalue weighted by Crippen LogP contribution is -2.34. The molecule has 3 rings (SSSR count). The van der Waals surface area contributed by atoms with E-state index >= 15 is 0 Å². The highest BCUT2D eigenvalue weighted by Gasteiger charge is 2.36. The number of aromatic nitrogens is 1. The summed E-state index contributed by atoms with van der Waals surface area (Å²) < 4.78 is 18.7. The van der Waals surface area contributed by atoms with Gasteiger partial charge in [-0.1, -0.05) is 20.8 Å². The second-order valence-corrected chi connectivity index (χ2v) is 10.4. The maximum Gasteiger partial charge on any atom is 0.125 e. The number of aryl methyl sites for hydroxylation is 1. The van der Waals surface area contributed by atoms with Gasteiger partial charge >= 0.3 is 0 Å². The summed E-state index contributed by atoms with van der Waals surface area (Å²) >= 11 is 1.61. The molecule has 0 saturated carbocycles. The fourth-order valence-corrected chi connectivity index (χ4v) is 5.06. The Morgan fingerprint density at radius 1 is 1.21 bits per heavy atom. The number of likely N-dealkylation sites (tertiary alicyclic amines) is 1. The molecule has 4 nitrogen and oxygen atoms in total. The molecule has 1 saturated heterocycles. The predicted octanol–water partition coefficient (Wildman–Crippen LogP) is 4.93. The molecule has 1 N–H and O–H groups in total. The predicted molar refractivity (Wildman–Crippen MR) is 116 cm³/mol. The number of nitrogens with zero attached hydrogens (tertiary/aromatic N) is 2. The van der Waals surface area contributed by atoms with E-state index in [-0.39, 0.29) is 11.2 Å². The number of hydrogen-bond donors (Lipinski definition) is 1. The summed E-state index contributed by atoms with van der Waals surface area (Å²) in [5.74, 6) is 0.396. The molecule has 2 heterocycles. The fourth-order valence-electron chi connectivity index (χ4n) is 3.87. The van der Waals surface area contributed by atoms with E-state index in [9.17, 15) is 9.50 Å². The standard InChI is InChI=1S/C23H33FN2O2S/c1-17-20(10-15-28-19-8-6-18(24)7-9-19)29-21(25-17)23(27)11-5-13-26(14-12-23)16-22(2,3)4/h6-9,27H,5,10-16H2,1-4H3/t23-/m0/s1. The molecular weight excluding hydrogens is 387 g/mol. The maximum atomic E-state index is 13.0. The molecule has 1 aromatic heterocycles. The first kappa shape index (κ1) is 22.2. The number of ether oxygens (including phenoxy) is 1. The summed E-state index contributed by atoms with van der Waals surface area (Å²) in [5.41, 5.74) is 0.396. The second kappa shape index (κ2) is 9.11. The third kappa shape index (κ3) is 6.24. The number of hydrogen-bond acceptors (Lipinski definition) is 5. The van der Waals surface area contributed by atoms with Crippen LogP contribution in [0, 0.1) is 18.2 Å². The Morgan fingerprint density at radius 2 is 1.93 bits per heavy atom. The molecule has 0 bridgehead atoms. The Hall–Kier alpha value is -1.50. The van der Waals surface area contributed by atoms with Crippen molar-refractivity contribution in [2.24, 2.45) is 5.41 Å². The first-order valence-corrected chi connectivity index (χ1v) is 11.3. The molecule has 1 aliphatic heterocycles. The van der Waals surface area contributed by atoms with Crippen LogP contribution in [0.3, 0.4) is 0 Å². The van der Waals surface area contributed by atoms with Crippen LogP contribution in [-0.2, 0) is 12.0 Å². The van der Waals surface area contributed by atoms with Crippen molar-refractivity contribution in [1.29, 1.82) is 0 Å². The van der Waals surface area contributed by atoms with Crippen LogP contribution < -0.4 is 4.74 Å². The minimum absolute atomic E-state index is 0.262. The minimum atomic E-state index is -0.835. The molecule has 29 heavy (non-hydrogen) atoms. The summed E-state index contributed by atoms with van der Waals surface area (Å²) in [7, 11) is 0. The molecular formula is C23H33FN2O2S. The van der Waals surface area contributed by atoms with E-state index in [1.807, 2.05) is 6.92 Å². The number of thiazole rings is 1. The van der Waals surface area contributed by atoms with Crippen molar-refractivity contribution in [3.05, 3.63) is 45.7 Å². The zero-order chi connectivity index (χ0) is 21.1. The lowest BCUT2D eigenvalue weighted by molar-refractivity contribution is 0.0200. The van der Waals surface area contributed by atoms with E-state index in [1.165, 1.54) is 12.1 Å². The van der Waals surface area contributed by atoms with Crippen molar-refractivity contribution in [3.63, 3.8) is 0 Å². The van der Waals surface area contributed by atoms with Gasteiger partial charge in [0, 0.05) is 24.4 Å². The number of aliphatic hydroxyl groups is 1. The van der Waals surface area contributed by atoms with Gasteiger partial charge in [-0.2, -0.15) is 0 Å². The molecule has 6 heteroatoms. The van der Waals surface area contributed by atoms with Gasteiger partial charge in [-0.15, -0.1) is 11.3 Å². The lowest BCUT2D eigenvalue weighted by Gasteiger charge is -2.29. The number of halogens is 1. The van der Waals surface area contributed by atoms with E-state index in [2.05, 4.69) is 25.7 Å². The van der Waals surface area contributed by atoms with Crippen LogP contribution in [0.4, 0.5) is 4.39 Å². The van der Waals surface area contributed by atoms with Gasteiger partial charge in [0.2, 0.25) is 0 Å². The molecule has 160 valence electrons. The van der Waals surface area contributed by atoms with Crippen molar-refractivity contribution in [1.82, 2.24) is 9.88 Å².